The Morgan fingerprint density at radius 3 is 2.72 bits per heavy atom. The molecule has 190 valence electrons. The number of anilines is 2. The fraction of sp³-hybridized carbons (Fsp3) is 0.346. The Hall–Kier alpha value is -2.98. The zero-order valence-corrected chi connectivity index (χ0v) is 23.2. The number of methoxy groups -OCH3 is 1. The predicted octanol–water partition coefficient (Wildman–Crippen LogP) is 6.27. The summed E-state index contributed by atoms with van der Waals surface area (Å²) in [6, 6.07) is 12.7. The maximum absolute atomic E-state index is 13.7. The Kier molecular flexibility index (Phi) is 8.58. The number of aromatic nitrogens is 3. The molecule has 0 radical (unpaired) electrons. The van der Waals surface area contributed by atoms with E-state index in [0.29, 0.717) is 46.2 Å². The molecule has 0 spiro atoms. The van der Waals surface area contributed by atoms with Gasteiger partial charge >= 0.3 is 0 Å². The average molecular weight is 573 g/mol. The van der Waals surface area contributed by atoms with Crippen molar-refractivity contribution in [1.82, 2.24) is 14.8 Å². The average Bonchev–Trinajstić information content (AvgIpc) is 3.27. The lowest BCUT2D eigenvalue weighted by molar-refractivity contribution is -0.113. The molecule has 10 heteroatoms. The van der Waals surface area contributed by atoms with E-state index in [1.165, 1.54) is 0 Å². The number of halogens is 1. The molecule has 3 aromatic rings. The molecule has 8 nitrogen and oxygen atoms in total. The van der Waals surface area contributed by atoms with E-state index >= 15 is 0 Å². The highest BCUT2D eigenvalue weighted by atomic mass is 79.9. The smallest absolute Gasteiger partial charge is 0.255 e. The second kappa shape index (κ2) is 11.8. The van der Waals surface area contributed by atoms with E-state index in [2.05, 4.69) is 33.5 Å². The second-order valence-corrected chi connectivity index (χ2v) is 10.1. The third-order valence-electron chi connectivity index (χ3n) is 5.69. The number of fused-ring (bicyclic) bond motifs is 1. The molecule has 1 aromatic heterocycles. The van der Waals surface area contributed by atoms with Crippen LogP contribution in [-0.2, 0) is 4.79 Å². The Labute approximate surface area is 224 Å². The van der Waals surface area contributed by atoms with Crippen molar-refractivity contribution in [3.63, 3.8) is 0 Å². The van der Waals surface area contributed by atoms with Gasteiger partial charge < -0.3 is 20.1 Å². The topological polar surface area (TPSA) is 90.3 Å². The van der Waals surface area contributed by atoms with Crippen LogP contribution in [0, 0.1) is 0 Å². The first-order chi connectivity index (χ1) is 17.5. The standard InChI is InChI=1S/C26H30BrN5O3S/c1-5-7-13-36-26-30-25-28-16(3)21(24(33)29-18-11-9-8-10-12-18)22(32(25)31-26)17-14-19(27)23(35-6-2)20(15-17)34-4/h8-12,14-15,22H,5-7,13H2,1-4H3,(H,29,33)(H,28,30,31). The van der Waals surface area contributed by atoms with Crippen LogP contribution in [0.25, 0.3) is 0 Å². The molecule has 1 atom stereocenters. The number of benzene rings is 2. The highest BCUT2D eigenvalue weighted by molar-refractivity contribution is 9.10. The molecular weight excluding hydrogens is 542 g/mol. The van der Waals surface area contributed by atoms with Crippen LogP contribution in [0.15, 0.2) is 63.4 Å². The van der Waals surface area contributed by atoms with E-state index in [0.717, 1.165) is 28.6 Å². The van der Waals surface area contributed by atoms with Crippen LogP contribution in [0.3, 0.4) is 0 Å². The molecule has 4 rings (SSSR count). The second-order valence-electron chi connectivity index (χ2n) is 8.22. The van der Waals surface area contributed by atoms with Crippen LogP contribution in [0.5, 0.6) is 11.5 Å². The van der Waals surface area contributed by atoms with Gasteiger partial charge in [-0.1, -0.05) is 43.3 Å². The van der Waals surface area contributed by atoms with Crippen molar-refractivity contribution in [2.45, 2.75) is 44.8 Å². The Morgan fingerprint density at radius 1 is 1.25 bits per heavy atom. The summed E-state index contributed by atoms with van der Waals surface area (Å²) in [6.45, 7) is 6.46. The first-order valence-electron chi connectivity index (χ1n) is 11.9. The number of amides is 1. The van der Waals surface area contributed by atoms with Gasteiger partial charge in [-0.25, -0.2) is 4.68 Å². The molecule has 36 heavy (non-hydrogen) atoms. The van der Waals surface area contributed by atoms with Crippen LogP contribution in [0.4, 0.5) is 11.6 Å². The SMILES string of the molecule is CCCCSc1nc2n(n1)C(c1cc(Br)c(OCC)c(OC)c1)C(C(=O)Nc1ccccc1)=C(C)N2. The number of unbranched alkanes of at least 4 members (excludes halogenated alkanes) is 1. The third-order valence-corrected chi connectivity index (χ3v) is 7.21. The predicted molar refractivity (Wildman–Crippen MR) is 147 cm³/mol. The van der Waals surface area contributed by atoms with Crippen LogP contribution in [0.1, 0.15) is 45.2 Å². The van der Waals surface area contributed by atoms with Crippen LogP contribution in [-0.4, -0.2) is 40.1 Å². The molecule has 0 saturated heterocycles. The highest BCUT2D eigenvalue weighted by Gasteiger charge is 2.35. The number of hydrogen-bond donors (Lipinski definition) is 2. The van der Waals surface area contributed by atoms with Crippen molar-refractivity contribution >= 4 is 45.2 Å². The fourth-order valence-electron chi connectivity index (χ4n) is 4.00. The summed E-state index contributed by atoms with van der Waals surface area (Å²) in [5, 5.41) is 11.8. The summed E-state index contributed by atoms with van der Waals surface area (Å²) in [5.41, 5.74) is 2.78. The summed E-state index contributed by atoms with van der Waals surface area (Å²) in [7, 11) is 1.60. The molecule has 1 aliphatic rings. The van der Waals surface area contributed by atoms with Gasteiger partial charge in [0.15, 0.2) is 11.5 Å². The molecule has 2 N–H and O–H groups in total. The number of allylic oxidation sites excluding steroid dienone is 1. The van der Waals surface area contributed by atoms with Crippen molar-refractivity contribution < 1.29 is 14.3 Å². The first-order valence-corrected chi connectivity index (χ1v) is 13.7. The number of nitrogens with zero attached hydrogens (tertiary/aromatic N) is 3. The number of thioether (sulfide) groups is 1. The summed E-state index contributed by atoms with van der Waals surface area (Å²) in [5.74, 6) is 2.49. The Balaban J connectivity index is 1.81. The normalized spacial score (nSPS) is 14.8. The van der Waals surface area contributed by atoms with E-state index in [-0.39, 0.29) is 5.91 Å². The Morgan fingerprint density at radius 2 is 2.03 bits per heavy atom. The zero-order valence-electron chi connectivity index (χ0n) is 20.8. The summed E-state index contributed by atoms with van der Waals surface area (Å²) in [4.78, 5) is 18.4. The van der Waals surface area contributed by atoms with Crippen LogP contribution >= 0.6 is 27.7 Å². The molecule has 0 saturated carbocycles. The van der Waals surface area contributed by atoms with E-state index < -0.39 is 6.04 Å². The van der Waals surface area contributed by atoms with Crippen molar-refractivity contribution in [3.8, 4) is 11.5 Å². The van der Waals surface area contributed by atoms with Crippen molar-refractivity contribution in [2.75, 3.05) is 30.1 Å². The minimum atomic E-state index is -0.529. The minimum Gasteiger partial charge on any atom is -0.493 e. The number of hydrogen-bond acceptors (Lipinski definition) is 7. The number of carbonyl (C=O) groups excluding carboxylic acids is 1. The van der Waals surface area contributed by atoms with Gasteiger partial charge in [0.05, 0.1) is 23.8 Å². The molecule has 0 aliphatic carbocycles. The third kappa shape index (κ3) is 5.54. The zero-order chi connectivity index (χ0) is 25.7. The van der Waals surface area contributed by atoms with E-state index in [1.54, 1.807) is 23.6 Å². The molecular formula is C26H30BrN5O3S. The highest BCUT2D eigenvalue weighted by Crippen LogP contribution is 2.43. The van der Waals surface area contributed by atoms with Crippen LogP contribution < -0.4 is 20.1 Å². The Bertz CT molecular complexity index is 1260. The first kappa shape index (κ1) is 26.1. The lowest BCUT2D eigenvalue weighted by Crippen LogP contribution is -2.31. The maximum Gasteiger partial charge on any atom is 0.255 e. The maximum atomic E-state index is 13.7. The lowest BCUT2D eigenvalue weighted by Gasteiger charge is -2.29. The molecule has 2 heterocycles. The molecule has 1 amide bonds. The fourth-order valence-corrected chi connectivity index (χ4v) is 5.49. The van der Waals surface area contributed by atoms with Gasteiger partial charge in [0.2, 0.25) is 11.1 Å². The van der Waals surface area contributed by atoms with Crippen molar-refractivity contribution in [2.24, 2.45) is 0 Å². The molecule has 1 unspecified atom stereocenters. The van der Waals surface area contributed by atoms with Gasteiger partial charge in [0.1, 0.15) is 6.04 Å². The van der Waals surface area contributed by atoms with Crippen molar-refractivity contribution in [1.29, 1.82) is 0 Å². The largest absolute Gasteiger partial charge is 0.493 e. The summed E-state index contributed by atoms with van der Waals surface area (Å²) < 4.78 is 14.0. The van der Waals surface area contributed by atoms with Gasteiger partial charge in [-0.15, -0.1) is 5.10 Å². The molecule has 1 aliphatic heterocycles. The lowest BCUT2D eigenvalue weighted by atomic mass is 9.94. The van der Waals surface area contributed by atoms with Gasteiger partial charge in [-0.3, -0.25) is 4.79 Å². The summed E-state index contributed by atoms with van der Waals surface area (Å²) in [6.07, 6.45) is 2.18. The summed E-state index contributed by atoms with van der Waals surface area (Å²) >= 11 is 5.25. The monoisotopic (exact) mass is 571 g/mol. The van der Waals surface area contributed by atoms with Gasteiger partial charge in [-0.05, 0) is 66.0 Å². The van der Waals surface area contributed by atoms with Crippen molar-refractivity contribution in [3.05, 3.63) is 63.8 Å². The number of ether oxygens (including phenoxy) is 2. The minimum absolute atomic E-state index is 0.221. The number of nitrogens with one attached hydrogen (secondary N) is 2. The van der Waals surface area contributed by atoms with E-state index in [4.69, 9.17) is 19.6 Å². The molecule has 0 fully saturated rings. The van der Waals surface area contributed by atoms with Gasteiger partial charge in [-0.2, -0.15) is 4.98 Å². The quantitative estimate of drug-likeness (QED) is 0.219. The molecule has 0 bridgehead atoms. The van der Waals surface area contributed by atoms with Crippen LogP contribution in [0.2, 0.25) is 0 Å². The van der Waals surface area contributed by atoms with Gasteiger partial charge in [0, 0.05) is 17.1 Å². The van der Waals surface area contributed by atoms with E-state index in [1.807, 2.05) is 56.3 Å². The van der Waals surface area contributed by atoms with Gasteiger partial charge in [0.25, 0.3) is 5.91 Å². The molecule has 2 aromatic carbocycles. The van der Waals surface area contributed by atoms with E-state index in [9.17, 15) is 4.79 Å². The number of carbonyl (C=O) groups is 1. The number of para-hydroxylation sites is 1. The number of rotatable bonds is 10.